The fraction of sp³-hybridized carbons (Fsp3) is 0.350. The second-order valence-corrected chi connectivity index (χ2v) is 6.62. The summed E-state index contributed by atoms with van der Waals surface area (Å²) in [5, 5.41) is 2.93. The Morgan fingerprint density at radius 3 is 2.08 bits per heavy atom. The highest BCUT2D eigenvalue weighted by Gasteiger charge is 2.24. The van der Waals surface area contributed by atoms with E-state index in [-0.39, 0.29) is 23.6 Å². The van der Waals surface area contributed by atoms with E-state index in [1.165, 1.54) is 36.4 Å². The van der Waals surface area contributed by atoms with Gasteiger partial charge in [-0.15, -0.1) is 0 Å². The molecule has 1 heterocycles. The maximum atomic E-state index is 13.3. The summed E-state index contributed by atoms with van der Waals surface area (Å²) in [6.07, 6.45) is 0. The van der Waals surface area contributed by atoms with Crippen LogP contribution in [0.4, 0.5) is 8.78 Å². The Morgan fingerprint density at radius 2 is 1.50 bits per heavy atom. The number of piperazine rings is 1. The molecule has 0 radical (unpaired) electrons. The molecule has 3 rings (SSSR count). The maximum absolute atomic E-state index is 13.3. The molecule has 0 aromatic heterocycles. The van der Waals surface area contributed by atoms with E-state index >= 15 is 0 Å². The zero-order valence-corrected chi connectivity index (χ0v) is 14.8. The highest BCUT2D eigenvalue weighted by molar-refractivity contribution is 5.94. The summed E-state index contributed by atoms with van der Waals surface area (Å²) in [5.74, 6) is -0.893. The predicted octanol–water partition coefficient (Wildman–Crippen LogP) is 2.68. The molecule has 2 aromatic carbocycles. The molecule has 1 aliphatic rings. The van der Waals surface area contributed by atoms with Crippen LogP contribution in [0.5, 0.6) is 0 Å². The molecule has 1 N–H and O–H groups in total. The minimum Gasteiger partial charge on any atom is -0.350 e. The van der Waals surface area contributed by atoms with Gasteiger partial charge in [-0.3, -0.25) is 9.69 Å². The van der Waals surface area contributed by atoms with Crippen molar-refractivity contribution in [1.82, 2.24) is 15.1 Å². The van der Waals surface area contributed by atoms with Crippen molar-refractivity contribution in [2.45, 2.75) is 6.04 Å². The number of amides is 1. The predicted molar refractivity (Wildman–Crippen MR) is 96.9 cm³/mol. The average Bonchev–Trinajstić information content (AvgIpc) is 2.65. The Kier molecular flexibility index (Phi) is 5.96. The fourth-order valence-electron chi connectivity index (χ4n) is 3.17. The van der Waals surface area contributed by atoms with Gasteiger partial charge in [0.25, 0.3) is 5.91 Å². The number of likely N-dealkylation sites (N-methyl/N-ethyl adjacent to an activating group) is 1. The van der Waals surface area contributed by atoms with Gasteiger partial charge in [-0.2, -0.15) is 0 Å². The number of nitrogens with zero attached hydrogens (tertiary/aromatic N) is 2. The molecule has 1 fully saturated rings. The SMILES string of the molecule is CN1CCN(C(CNC(=O)c2ccc(F)cc2)c2ccc(F)cc2)CC1. The molecule has 1 atom stereocenters. The molecule has 6 heteroatoms. The van der Waals surface area contributed by atoms with Gasteiger partial charge in [-0.1, -0.05) is 12.1 Å². The first-order valence-electron chi connectivity index (χ1n) is 8.75. The number of hydrogen-bond donors (Lipinski definition) is 1. The van der Waals surface area contributed by atoms with Gasteiger partial charge >= 0.3 is 0 Å². The summed E-state index contributed by atoms with van der Waals surface area (Å²) in [5.41, 5.74) is 1.39. The van der Waals surface area contributed by atoms with Crippen molar-refractivity contribution in [3.63, 3.8) is 0 Å². The largest absolute Gasteiger partial charge is 0.350 e. The molecule has 1 unspecified atom stereocenters. The lowest BCUT2D eigenvalue weighted by atomic mass is 10.0. The number of nitrogens with one attached hydrogen (secondary N) is 1. The molecule has 138 valence electrons. The van der Waals surface area contributed by atoms with Crippen LogP contribution in [-0.2, 0) is 0 Å². The fourth-order valence-corrected chi connectivity index (χ4v) is 3.17. The lowest BCUT2D eigenvalue weighted by Gasteiger charge is -2.38. The van der Waals surface area contributed by atoms with Crippen molar-refractivity contribution in [3.8, 4) is 0 Å². The van der Waals surface area contributed by atoms with Crippen LogP contribution in [0.15, 0.2) is 48.5 Å². The van der Waals surface area contributed by atoms with Crippen molar-refractivity contribution >= 4 is 5.91 Å². The minimum absolute atomic E-state index is 0.0336. The summed E-state index contributed by atoms with van der Waals surface area (Å²) in [4.78, 5) is 16.9. The van der Waals surface area contributed by atoms with E-state index < -0.39 is 0 Å². The molecule has 1 amide bonds. The second-order valence-electron chi connectivity index (χ2n) is 6.62. The smallest absolute Gasteiger partial charge is 0.251 e. The molecule has 2 aromatic rings. The van der Waals surface area contributed by atoms with Gasteiger partial charge in [0, 0.05) is 38.3 Å². The van der Waals surface area contributed by atoms with Crippen LogP contribution in [0.2, 0.25) is 0 Å². The monoisotopic (exact) mass is 359 g/mol. The first kappa shape index (κ1) is 18.5. The Hall–Kier alpha value is -2.31. The topological polar surface area (TPSA) is 35.6 Å². The molecule has 0 saturated carbocycles. The van der Waals surface area contributed by atoms with Gasteiger partial charge < -0.3 is 10.2 Å². The van der Waals surface area contributed by atoms with Crippen molar-refractivity contribution in [2.24, 2.45) is 0 Å². The summed E-state index contributed by atoms with van der Waals surface area (Å²) in [7, 11) is 2.08. The Labute approximate surface area is 152 Å². The molecule has 1 aliphatic heterocycles. The Bertz CT molecular complexity index is 726. The van der Waals surface area contributed by atoms with Gasteiger partial charge in [-0.05, 0) is 49.0 Å². The van der Waals surface area contributed by atoms with Crippen LogP contribution in [0.25, 0.3) is 0 Å². The average molecular weight is 359 g/mol. The molecule has 0 aliphatic carbocycles. The van der Waals surface area contributed by atoms with Gasteiger partial charge in [0.2, 0.25) is 0 Å². The van der Waals surface area contributed by atoms with E-state index in [0.29, 0.717) is 12.1 Å². The normalized spacial score (nSPS) is 17.0. The molecular formula is C20H23F2N3O. The van der Waals surface area contributed by atoms with Crippen LogP contribution in [0, 0.1) is 11.6 Å². The number of rotatable bonds is 5. The molecular weight excluding hydrogens is 336 g/mol. The van der Waals surface area contributed by atoms with Crippen LogP contribution in [-0.4, -0.2) is 55.5 Å². The third kappa shape index (κ3) is 4.65. The van der Waals surface area contributed by atoms with Crippen molar-refractivity contribution in [3.05, 3.63) is 71.3 Å². The van der Waals surface area contributed by atoms with Gasteiger partial charge in [0.15, 0.2) is 0 Å². The van der Waals surface area contributed by atoms with Crippen LogP contribution in [0.3, 0.4) is 0 Å². The number of carbonyl (C=O) groups excluding carboxylic acids is 1. The highest BCUT2D eigenvalue weighted by Crippen LogP contribution is 2.22. The van der Waals surface area contributed by atoms with E-state index in [1.54, 1.807) is 12.1 Å². The van der Waals surface area contributed by atoms with Crippen LogP contribution in [0.1, 0.15) is 22.0 Å². The summed E-state index contributed by atoms with van der Waals surface area (Å²) in [6, 6.07) is 11.9. The summed E-state index contributed by atoms with van der Waals surface area (Å²) < 4.78 is 26.3. The lowest BCUT2D eigenvalue weighted by Crippen LogP contribution is -2.48. The van der Waals surface area contributed by atoms with E-state index in [4.69, 9.17) is 0 Å². The first-order chi connectivity index (χ1) is 12.5. The molecule has 0 bridgehead atoms. The van der Waals surface area contributed by atoms with Gasteiger partial charge in [0.1, 0.15) is 11.6 Å². The van der Waals surface area contributed by atoms with Crippen LogP contribution < -0.4 is 5.32 Å². The maximum Gasteiger partial charge on any atom is 0.251 e. The van der Waals surface area contributed by atoms with Crippen molar-refractivity contribution < 1.29 is 13.6 Å². The number of halogens is 2. The van der Waals surface area contributed by atoms with E-state index in [0.717, 1.165) is 31.7 Å². The molecule has 26 heavy (non-hydrogen) atoms. The first-order valence-corrected chi connectivity index (χ1v) is 8.75. The molecule has 1 saturated heterocycles. The molecule has 0 spiro atoms. The lowest BCUT2D eigenvalue weighted by molar-refractivity contribution is 0.0886. The Balaban J connectivity index is 1.71. The zero-order chi connectivity index (χ0) is 18.5. The van der Waals surface area contributed by atoms with E-state index in [9.17, 15) is 13.6 Å². The summed E-state index contributed by atoms with van der Waals surface area (Å²) >= 11 is 0. The van der Waals surface area contributed by atoms with Crippen molar-refractivity contribution in [2.75, 3.05) is 39.8 Å². The molecule has 4 nitrogen and oxygen atoms in total. The van der Waals surface area contributed by atoms with Crippen molar-refractivity contribution in [1.29, 1.82) is 0 Å². The third-order valence-electron chi connectivity index (χ3n) is 4.80. The number of benzene rings is 2. The second kappa shape index (κ2) is 8.38. The standard InChI is InChI=1S/C20H23F2N3O/c1-24-10-12-25(13-11-24)19(15-2-6-17(21)7-3-15)14-23-20(26)16-4-8-18(22)9-5-16/h2-9,19H,10-14H2,1H3,(H,23,26). The zero-order valence-electron chi connectivity index (χ0n) is 14.8. The highest BCUT2D eigenvalue weighted by atomic mass is 19.1. The minimum atomic E-state index is -0.372. The van der Waals surface area contributed by atoms with E-state index in [2.05, 4.69) is 22.2 Å². The van der Waals surface area contributed by atoms with E-state index in [1.807, 2.05) is 0 Å². The number of carbonyl (C=O) groups is 1. The van der Waals surface area contributed by atoms with Gasteiger partial charge in [-0.25, -0.2) is 8.78 Å². The Morgan fingerprint density at radius 1 is 0.962 bits per heavy atom. The summed E-state index contributed by atoms with van der Waals surface area (Å²) in [6.45, 7) is 4.06. The third-order valence-corrected chi connectivity index (χ3v) is 4.80. The van der Waals surface area contributed by atoms with Crippen LogP contribution >= 0.6 is 0 Å². The number of hydrogen-bond acceptors (Lipinski definition) is 3. The quantitative estimate of drug-likeness (QED) is 0.892. The van der Waals surface area contributed by atoms with Gasteiger partial charge in [0.05, 0.1) is 6.04 Å².